The summed E-state index contributed by atoms with van der Waals surface area (Å²) >= 11 is 0. The van der Waals surface area contributed by atoms with Crippen molar-refractivity contribution in [3.8, 4) is 11.3 Å². The third-order valence-electron chi connectivity index (χ3n) is 5.48. The lowest BCUT2D eigenvalue weighted by Gasteiger charge is -2.04. The molecular formula is C26H22N4O. The number of rotatable bonds is 3. The van der Waals surface area contributed by atoms with Crippen LogP contribution in [-0.4, -0.2) is 24.8 Å². The van der Waals surface area contributed by atoms with Gasteiger partial charge in [0.05, 0.1) is 22.4 Å². The zero-order valence-corrected chi connectivity index (χ0v) is 17.7. The van der Waals surface area contributed by atoms with Crippen LogP contribution in [0.2, 0.25) is 0 Å². The zero-order valence-electron chi connectivity index (χ0n) is 17.7. The fraction of sp³-hybridized carbons (Fsp3) is 0.115. The van der Waals surface area contributed by atoms with Gasteiger partial charge in [-0.05, 0) is 56.7 Å². The van der Waals surface area contributed by atoms with Crippen molar-refractivity contribution in [2.45, 2.75) is 20.8 Å². The van der Waals surface area contributed by atoms with Gasteiger partial charge in [0.2, 0.25) is 0 Å². The van der Waals surface area contributed by atoms with E-state index >= 15 is 0 Å². The van der Waals surface area contributed by atoms with Crippen LogP contribution in [0.5, 0.6) is 0 Å². The van der Waals surface area contributed by atoms with Gasteiger partial charge in [-0.2, -0.15) is 0 Å². The molecule has 3 aromatic heterocycles. The molecule has 152 valence electrons. The molecule has 5 rings (SSSR count). The number of fused-ring (bicyclic) bond motifs is 2. The third-order valence-corrected chi connectivity index (χ3v) is 5.48. The molecule has 0 atom stereocenters. The van der Waals surface area contributed by atoms with E-state index in [4.69, 9.17) is 4.98 Å². The van der Waals surface area contributed by atoms with Crippen molar-refractivity contribution in [2.75, 3.05) is 0 Å². The van der Waals surface area contributed by atoms with E-state index in [1.165, 1.54) is 5.56 Å². The second-order valence-electron chi connectivity index (χ2n) is 7.80. The van der Waals surface area contributed by atoms with Crippen molar-refractivity contribution in [1.82, 2.24) is 18.9 Å². The number of hydrogen-bond acceptors (Lipinski definition) is 3. The molecule has 0 bridgehead atoms. The molecule has 0 radical (unpaired) electrons. The van der Waals surface area contributed by atoms with Gasteiger partial charge in [-0.1, -0.05) is 42.0 Å². The quantitative estimate of drug-likeness (QED) is 0.365. The predicted molar refractivity (Wildman–Crippen MR) is 124 cm³/mol. The van der Waals surface area contributed by atoms with E-state index in [1.54, 1.807) is 10.6 Å². The monoisotopic (exact) mass is 406 g/mol. The van der Waals surface area contributed by atoms with E-state index in [2.05, 4.69) is 36.2 Å². The molecule has 0 aliphatic heterocycles. The SMILES string of the molecule is Cc1ccc(-c2nc3cc(C)ccn3c2/C=C/C(=O)n2c(C)nc3ccccc32)cc1. The molecule has 31 heavy (non-hydrogen) atoms. The highest BCUT2D eigenvalue weighted by Gasteiger charge is 2.15. The molecule has 2 aromatic carbocycles. The van der Waals surface area contributed by atoms with Gasteiger partial charge in [0, 0.05) is 17.8 Å². The third kappa shape index (κ3) is 3.34. The molecule has 0 fully saturated rings. The Balaban J connectivity index is 1.63. The highest BCUT2D eigenvalue weighted by molar-refractivity contribution is 6.00. The number of imidazole rings is 2. The summed E-state index contributed by atoms with van der Waals surface area (Å²) in [5, 5.41) is 0. The van der Waals surface area contributed by atoms with E-state index in [1.807, 2.05) is 66.9 Å². The Kier molecular flexibility index (Phi) is 4.51. The summed E-state index contributed by atoms with van der Waals surface area (Å²) in [4.78, 5) is 22.5. The number of nitrogens with zero attached hydrogens (tertiary/aromatic N) is 4. The van der Waals surface area contributed by atoms with Gasteiger partial charge < -0.3 is 0 Å². The summed E-state index contributed by atoms with van der Waals surface area (Å²) in [6, 6.07) is 20.0. The number of aryl methyl sites for hydroxylation is 3. The topological polar surface area (TPSA) is 52.2 Å². The lowest BCUT2D eigenvalue weighted by atomic mass is 10.1. The van der Waals surface area contributed by atoms with Crippen LogP contribution >= 0.6 is 0 Å². The van der Waals surface area contributed by atoms with Crippen molar-refractivity contribution in [1.29, 1.82) is 0 Å². The molecule has 0 aliphatic carbocycles. The lowest BCUT2D eigenvalue weighted by molar-refractivity contribution is 0.0972. The van der Waals surface area contributed by atoms with Crippen molar-refractivity contribution < 1.29 is 4.79 Å². The number of para-hydroxylation sites is 2. The number of hydrogen-bond donors (Lipinski definition) is 0. The summed E-state index contributed by atoms with van der Waals surface area (Å²) < 4.78 is 3.66. The van der Waals surface area contributed by atoms with Gasteiger partial charge in [-0.3, -0.25) is 13.8 Å². The summed E-state index contributed by atoms with van der Waals surface area (Å²) in [5.41, 5.74) is 7.54. The highest BCUT2D eigenvalue weighted by atomic mass is 16.2. The van der Waals surface area contributed by atoms with Crippen LogP contribution in [-0.2, 0) is 0 Å². The Morgan fingerprint density at radius 2 is 1.68 bits per heavy atom. The molecule has 0 amide bonds. The zero-order chi connectivity index (χ0) is 21.5. The van der Waals surface area contributed by atoms with E-state index < -0.39 is 0 Å². The molecule has 5 heteroatoms. The van der Waals surface area contributed by atoms with Crippen LogP contribution in [0.3, 0.4) is 0 Å². The molecule has 0 saturated carbocycles. The lowest BCUT2D eigenvalue weighted by Crippen LogP contribution is -2.09. The first-order valence-corrected chi connectivity index (χ1v) is 10.2. The number of aromatic nitrogens is 4. The smallest absolute Gasteiger partial charge is 0.256 e. The van der Waals surface area contributed by atoms with Crippen LogP contribution < -0.4 is 0 Å². The van der Waals surface area contributed by atoms with Gasteiger partial charge in [0.1, 0.15) is 11.5 Å². The van der Waals surface area contributed by atoms with Crippen LogP contribution in [0, 0.1) is 20.8 Å². The fourth-order valence-electron chi connectivity index (χ4n) is 3.90. The Morgan fingerprint density at radius 3 is 2.48 bits per heavy atom. The second kappa shape index (κ2) is 7.36. The Hall–Kier alpha value is -3.99. The Labute approximate surface area is 180 Å². The highest BCUT2D eigenvalue weighted by Crippen LogP contribution is 2.27. The average Bonchev–Trinajstić information content (AvgIpc) is 3.28. The maximum Gasteiger partial charge on any atom is 0.256 e. The summed E-state index contributed by atoms with van der Waals surface area (Å²) in [6.07, 6.45) is 5.45. The normalized spacial score (nSPS) is 11.7. The largest absolute Gasteiger partial charge is 0.300 e. The van der Waals surface area contributed by atoms with Gasteiger partial charge in [-0.25, -0.2) is 9.97 Å². The van der Waals surface area contributed by atoms with Gasteiger partial charge in [0.25, 0.3) is 5.91 Å². The number of carbonyl (C=O) groups is 1. The fourth-order valence-corrected chi connectivity index (χ4v) is 3.90. The molecule has 0 N–H and O–H groups in total. The maximum absolute atomic E-state index is 13.1. The molecule has 0 aliphatic rings. The van der Waals surface area contributed by atoms with Crippen LogP contribution in [0.4, 0.5) is 0 Å². The predicted octanol–water partition coefficient (Wildman–Crippen LogP) is 5.63. The van der Waals surface area contributed by atoms with Gasteiger partial charge >= 0.3 is 0 Å². The molecule has 0 saturated heterocycles. The minimum atomic E-state index is -0.136. The number of allylic oxidation sites excluding steroid dienone is 1. The molecule has 0 unspecified atom stereocenters. The van der Waals surface area contributed by atoms with Gasteiger partial charge in [0.15, 0.2) is 0 Å². The van der Waals surface area contributed by atoms with Crippen molar-refractivity contribution in [2.24, 2.45) is 0 Å². The molecule has 5 nitrogen and oxygen atoms in total. The summed E-state index contributed by atoms with van der Waals surface area (Å²) in [6.45, 7) is 5.96. The molecule has 5 aromatic rings. The van der Waals surface area contributed by atoms with E-state index in [-0.39, 0.29) is 5.91 Å². The number of benzene rings is 2. The molecule has 0 spiro atoms. The minimum absolute atomic E-state index is 0.136. The van der Waals surface area contributed by atoms with E-state index in [9.17, 15) is 4.79 Å². The van der Waals surface area contributed by atoms with Gasteiger partial charge in [-0.15, -0.1) is 0 Å². The molecular weight excluding hydrogens is 384 g/mol. The van der Waals surface area contributed by atoms with Crippen LogP contribution in [0.1, 0.15) is 27.4 Å². The van der Waals surface area contributed by atoms with E-state index in [0.29, 0.717) is 5.82 Å². The Bertz CT molecular complexity index is 1470. The van der Waals surface area contributed by atoms with E-state index in [0.717, 1.165) is 39.2 Å². The Morgan fingerprint density at radius 1 is 0.903 bits per heavy atom. The summed E-state index contributed by atoms with van der Waals surface area (Å²) in [7, 11) is 0. The number of carbonyl (C=O) groups excluding carboxylic acids is 1. The van der Waals surface area contributed by atoms with Crippen molar-refractivity contribution in [3.63, 3.8) is 0 Å². The maximum atomic E-state index is 13.1. The summed E-state index contributed by atoms with van der Waals surface area (Å²) in [5.74, 6) is 0.534. The molecule has 3 heterocycles. The van der Waals surface area contributed by atoms with Crippen LogP contribution in [0.25, 0.3) is 34.0 Å². The first-order chi connectivity index (χ1) is 15.0. The van der Waals surface area contributed by atoms with Crippen molar-refractivity contribution >= 4 is 28.7 Å². The van der Waals surface area contributed by atoms with Crippen molar-refractivity contribution in [3.05, 3.63) is 95.6 Å². The first kappa shape index (κ1) is 19.0. The number of pyridine rings is 1. The minimum Gasteiger partial charge on any atom is -0.300 e. The standard InChI is InChI=1S/C26H22N4O/c1-17-8-10-20(11-9-17)26-23(29-15-14-18(2)16-24(29)28-26)12-13-25(31)30-19(3)27-21-6-4-5-7-22(21)30/h4-16H,1-3H3/b13-12+. The van der Waals surface area contributed by atoms with Crippen LogP contribution in [0.15, 0.2) is 72.9 Å². The first-order valence-electron chi connectivity index (χ1n) is 10.2. The average molecular weight is 406 g/mol. The second-order valence-corrected chi connectivity index (χ2v) is 7.80.